The Hall–Kier alpha value is -8.79. The van der Waals surface area contributed by atoms with Gasteiger partial charge in [-0.25, -0.2) is 13.2 Å². The van der Waals surface area contributed by atoms with E-state index in [2.05, 4.69) is 31.9 Å². The smallest absolute Gasteiger partial charge is 0.245 e. The van der Waals surface area contributed by atoms with E-state index in [1.165, 1.54) is 72.4 Å². The van der Waals surface area contributed by atoms with E-state index in [9.17, 15) is 41.9 Å². The van der Waals surface area contributed by atoms with Gasteiger partial charge in [0.1, 0.15) is 58.5 Å². The van der Waals surface area contributed by atoms with Crippen LogP contribution in [0.25, 0.3) is 0 Å². The van der Waals surface area contributed by atoms with Gasteiger partial charge in [0.05, 0.1) is 19.8 Å². The molecule has 0 aliphatic carbocycles. The average Bonchev–Trinajstić information content (AvgIpc) is 3.41. The number of hydrogen-bond acceptors (Lipinski definition) is 12. The summed E-state index contributed by atoms with van der Waals surface area (Å²) in [6.45, 7) is 5.16. The van der Waals surface area contributed by atoms with E-state index in [1.807, 2.05) is 12.1 Å². The van der Waals surface area contributed by atoms with Gasteiger partial charge in [-0.2, -0.15) is 0 Å². The third-order valence-electron chi connectivity index (χ3n) is 10.4. The Kier molecular flexibility index (Phi) is 26.4. The predicted molar refractivity (Wildman–Crippen MR) is 283 cm³/mol. The Labute approximate surface area is 450 Å². The maximum absolute atomic E-state index is 13.6. The first-order valence-electron chi connectivity index (χ1n) is 24.1. The number of halogens is 3. The minimum atomic E-state index is -0.749. The molecule has 0 bridgehead atoms. The predicted octanol–water partition coefficient (Wildman–Crippen LogP) is 7.16. The normalized spacial score (nSPS) is 11.5. The minimum Gasteiger partial charge on any atom is -0.457 e. The van der Waals surface area contributed by atoms with Crippen LogP contribution < -0.4 is 46.1 Å². The Morgan fingerprint density at radius 3 is 1.09 bits per heavy atom. The molecule has 6 aromatic carbocycles. The van der Waals surface area contributed by atoms with Crippen molar-refractivity contribution >= 4 is 35.4 Å². The number of hydrogen-bond donors (Lipinski definition) is 6. The first kappa shape index (κ1) is 61.8. The van der Waals surface area contributed by atoms with Gasteiger partial charge in [-0.1, -0.05) is 54.6 Å². The second-order valence-electron chi connectivity index (χ2n) is 16.9. The largest absolute Gasteiger partial charge is 0.457 e. The zero-order valence-corrected chi connectivity index (χ0v) is 43.9. The van der Waals surface area contributed by atoms with Crippen LogP contribution in [0, 0.1) is 17.5 Å². The first-order valence-corrected chi connectivity index (χ1v) is 24.1. The average molecular weight is 1080 g/mol. The van der Waals surface area contributed by atoms with Crippen molar-refractivity contribution in [1.29, 1.82) is 0 Å². The maximum Gasteiger partial charge on any atom is 0.245 e. The topological polar surface area (TPSA) is 230 Å². The van der Waals surface area contributed by atoms with Crippen molar-refractivity contribution in [2.75, 3.05) is 41.2 Å². The molecule has 0 radical (unpaired) electrons. The summed E-state index contributed by atoms with van der Waals surface area (Å²) in [6, 6.07) is 36.6. The van der Waals surface area contributed by atoms with Gasteiger partial charge in [-0.15, -0.1) is 0 Å². The van der Waals surface area contributed by atoms with E-state index in [-0.39, 0.29) is 79.2 Å². The molecule has 0 aromatic heterocycles. The molecule has 0 fully saturated rings. The lowest BCUT2D eigenvalue weighted by Crippen LogP contribution is -2.48. The van der Waals surface area contributed by atoms with Gasteiger partial charge < -0.3 is 60.3 Å². The highest BCUT2D eigenvalue weighted by Gasteiger charge is 2.21. The Balaban J connectivity index is 0.000000252. The molecule has 6 N–H and O–H groups in total. The van der Waals surface area contributed by atoms with Crippen molar-refractivity contribution in [3.63, 3.8) is 0 Å². The number of rotatable bonds is 24. The van der Waals surface area contributed by atoms with Gasteiger partial charge in [-0.05, 0) is 102 Å². The fraction of sp³-hybridized carbons (Fsp3) is 0.263. The van der Waals surface area contributed by atoms with Crippen LogP contribution in [0.3, 0.4) is 0 Å². The van der Waals surface area contributed by atoms with Crippen molar-refractivity contribution in [1.82, 2.24) is 31.9 Å². The molecule has 6 amide bonds. The highest BCUT2D eigenvalue weighted by atomic mass is 19.1. The quantitative estimate of drug-likeness (QED) is 0.0355. The molecule has 18 nitrogen and oxygen atoms in total. The first-order chi connectivity index (χ1) is 37.4. The molecule has 0 saturated heterocycles. The summed E-state index contributed by atoms with van der Waals surface area (Å²) < 4.78 is 71.1. The van der Waals surface area contributed by atoms with E-state index in [4.69, 9.17) is 28.4 Å². The van der Waals surface area contributed by atoms with Crippen molar-refractivity contribution in [2.45, 2.75) is 58.5 Å². The number of benzene rings is 6. The Morgan fingerprint density at radius 2 is 0.744 bits per heavy atom. The molecule has 0 aliphatic heterocycles. The molecular formula is C57H63F3N6O12. The molecule has 0 unspecified atom stereocenters. The molecule has 78 heavy (non-hydrogen) atoms. The Morgan fingerprint density at radius 1 is 0.397 bits per heavy atom. The van der Waals surface area contributed by atoms with Gasteiger partial charge in [0.15, 0.2) is 11.6 Å². The summed E-state index contributed by atoms with van der Waals surface area (Å²) in [7, 11) is 4.37. The summed E-state index contributed by atoms with van der Waals surface area (Å²) >= 11 is 0. The monoisotopic (exact) mass is 1080 g/mol. The van der Waals surface area contributed by atoms with Crippen molar-refractivity contribution in [3.8, 4) is 34.5 Å². The lowest BCUT2D eigenvalue weighted by molar-refractivity contribution is -0.129. The van der Waals surface area contributed by atoms with Gasteiger partial charge in [0.25, 0.3) is 0 Å². The number of nitrogens with one attached hydrogen (secondary N) is 6. The molecule has 0 heterocycles. The van der Waals surface area contributed by atoms with Crippen LogP contribution in [0.4, 0.5) is 13.2 Å². The summed E-state index contributed by atoms with van der Waals surface area (Å²) in [5.74, 6) is -0.316. The number of carbonyl (C=O) groups is 6. The Bertz CT molecular complexity index is 2840. The van der Waals surface area contributed by atoms with Crippen molar-refractivity contribution in [2.24, 2.45) is 0 Å². The lowest BCUT2D eigenvalue weighted by Gasteiger charge is -2.16. The van der Waals surface area contributed by atoms with Crippen LogP contribution in [0.1, 0.15) is 37.5 Å². The van der Waals surface area contributed by atoms with Gasteiger partial charge in [0.2, 0.25) is 35.4 Å². The summed E-state index contributed by atoms with van der Waals surface area (Å²) in [5.41, 5.74) is 2.55. The van der Waals surface area contributed by atoms with E-state index >= 15 is 0 Å². The van der Waals surface area contributed by atoms with E-state index in [0.717, 1.165) is 16.7 Å². The number of ether oxygens (including phenoxy) is 6. The molecule has 0 aliphatic rings. The second-order valence-corrected chi connectivity index (χ2v) is 16.9. The SMILES string of the molecule is COC[C@@H](NC(C)=O)C(=O)NCc1ccc(Oc2ccc(F)cc2)cc1.COC[C@@H](NC(C)=O)C(=O)NCc1ccc(Oc2cccc(F)c2)cc1.COC[C@@H](NC(C)=O)C(=O)NCc1ccc(Oc2ccccc2F)cc1. The van der Waals surface area contributed by atoms with Gasteiger partial charge in [0, 0.05) is 67.8 Å². The molecule has 0 saturated carbocycles. The number of amides is 6. The highest BCUT2D eigenvalue weighted by Crippen LogP contribution is 2.25. The zero-order chi connectivity index (χ0) is 56.8. The summed E-state index contributed by atoms with van der Waals surface area (Å²) in [6.07, 6.45) is 0. The van der Waals surface area contributed by atoms with Crippen LogP contribution >= 0.6 is 0 Å². The van der Waals surface area contributed by atoms with Crippen LogP contribution in [-0.4, -0.2) is 94.7 Å². The van der Waals surface area contributed by atoms with E-state index in [1.54, 1.807) is 103 Å². The number of carbonyl (C=O) groups excluding carboxylic acids is 6. The number of para-hydroxylation sites is 1. The fourth-order valence-corrected chi connectivity index (χ4v) is 6.71. The molecule has 414 valence electrons. The molecule has 0 spiro atoms. The van der Waals surface area contributed by atoms with Crippen LogP contribution in [0.15, 0.2) is 146 Å². The highest BCUT2D eigenvalue weighted by molar-refractivity contribution is 5.88. The molecule has 3 atom stereocenters. The summed E-state index contributed by atoms with van der Waals surface area (Å²) in [5, 5.41) is 15.8. The van der Waals surface area contributed by atoms with E-state index < -0.39 is 23.9 Å². The standard InChI is InChI=1S/3C19H21FN2O4/c1-13(23)22-18(12-25-2)19(24)21-11-14-3-7-16(8-4-14)26-17-9-5-15(20)6-10-17;1-13(23)22-18(12-25-2)19(24)21-11-14-6-8-16(9-7-14)26-17-5-3-4-15(20)10-17;1-13(23)22-17(12-25-2)19(24)21-11-14-7-9-15(10-8-14)26-18-6-4-3-5-16(18)20/h2*3-10,18H,11-12H2,1-2H3,(H,21,24)(H,22,23);3-10,17H,11-12H2,1-2H3,(H,21,24)(H,22,23)/t2*18-;17-/m111/s1. The molecule has 21 heteroatoms. The molecule has 6 rings (SSSR count). The third-order valence-corrected chi connectivity index (χ3v) is 10.4. The second kappa shape index (κ2) is 33.3. The van der Waals surface area contributed by atoms with E-state index in [0.29, 0.717) is 41.8 Å². The van der Waals surface area contributed by atoms with Crippen LogP contribution in [-0.2, 0) is 62.6 Å². The zero-order valence-electron chi connectivity index (χ0n) is 43.9. The summed E-state index contributed by atoms with van der Waals surface area (Å²) in [4.78, 5) is 69.7. The van der Waals surface area contributed by atoms with Crippen molar-refractivity contribution < 1.29 is 70.4 Å². The fourth-order valence-electron chi connectivity index (χ4n) is 6.71. The maximum atomic E-state index is 13.6. The molecule has 6 aromatic rings. The third kappa shape index (κ3) is 23.4. The van der Waals surface area contributed by atoms with Gasteiger partial charge in [-0.3, -0.25) is 28.8 Å². The molecular weight excluding hydrogens is 1020 g/mol. The van der Waals surface area contributed by atoms with Gasteiger partial charge >= 0.3 is 0 Å². The minimum absolute atomic E-state index is 0.0842. The van der Waals surface area contributed by atoms with Crippen LogP contribution in [0.2, 0.25) is 0 Å². The lowest BCUT2D eigenvalue weighted by atomic mass is 10.2. The van der Waals surface area contributed by atoms with Crippen LogP contribution in [0.5, 0.6) is 34.5 Å². The van der Waals surface area contributed by atoms with Crippen molar-refractivity contribution in [3.05, 3.63) is 180 Å². The number of methoxy groups -OCH3 is 3.